The molecule has 0 saturated carbocycles. The molecular weight excluding hydrogens is 229 g/mol. The first kappa shape index (κ1) is 14.2. The van der Waals surface area contributed by atoms with Crippen molar-refractivity contribution in [1.29, 1.82) is 0 Å². The van der Waals surface area contributed by atoms with Gasteiger partial charge in [0.25, 0.3) is 0 Å². The molecule has 1 amide bonds. The van der Waals surface area contributed by atoms with Crippen LogP contribution in [-0.4, -0.2) is 34.6 Å². The zero-order chi connectivity index (χ0) is 12.2. The van der Waals surface area contributed by atoms with Crippen LogP contribution in [0.25, 0.3) is 0 Å². The number of hydrogen-bond acceptors (Lipinski definition) is 2. The molecule has 0 rings (SSSR count). The largest absolute Gasteiger partial charge is 0.471 e. The van der Waals surface area contributed by atoms with Crippen molar-refractivity contribution in [2.24, 2.45) is 5.73 Å². The lowest BCUT2D eigenvalue weighted by Crippen LogP contribution is -2.46. The van der Waals surface area contributed by atoms with E-state index in [-0.39, 0.29) is 18.0 Å². The summed E-state index contributed by atoms with van der Waals surface area (Å²) in [7, 11) is 0. The summed E-state index contributed by atoms with van der Waals surface area (Å²) >= 11 is 4.54. The molecule has 0 aromatic rings. The normalized spacial score (nSPS) is 11.6. The van der Waals surface area contributed by atoms with E-state index in [9.17, 15) is 18.0 Å². The number of hydrogen-bond donors (Lipinski definition) is 1. The van der Waals surface area contributed by atoms with Crippen molar-refractivity contribution in [3.63, 3.8) is 0 Å². The van der Waals surface area contributed by atoms with Gasteiger partial charge in [-0.05, 0) is 13.8 Å². The summed E-state index contributed by atoms with van der Waals surface area (Å²) in [4.78, 5) is 11.7. The molecule has 0 spiro atoms. The first-order valence-electron chi connectivity index (χ1n) is 4.32. The summed E-state index contributed by atoms with van der Waals surface area (Å²) < 4.78 is 36.4. The van der Waals surface area contributed by atoms with Gasteiger partial charge in [-0.2, -0.15) is 13.2 Å². The summed E-state index contributed by atoms with van der Waals surface area (Å²) in [5.74, 6) is -1.85. The fourth-order valence-corrected chi connectivity index (χ4v) is 1.08. The van der Waals surface area contributed by atoms with Gasteiger partial charge in [-0.3, -0.25) is 4.79 Å². The number of carbonyl (C=O) groups is 1. The molecule has 0 unspecified atom stereocenters. The van der Waals surface area contributed by atoms with E-state index in [4.69, 9.17) is 5.73 Å². The Morgan fingerprint density at radius 3 is 2.20 bits per heavy atom. The van der Waals surface area contributed by atoms with Crippen LogP contribution in [-0.2, 0) is 4.79 Å². The molecule has 0 aromatic carbocycles. The number of halogens is 3. The molecular formula is C8H13F3N2OS. The van der Waals surface area contributed by atoms with E-state index in [0.29, 0.717) is 4.90 Å². The lowest BCUT2D eigenvalue weighted by molar-refractivity contribution is -0.187. The third kappa shape index (κ3) is 4.96. The molecule has 2 N–H and O–H groups in total. The van der Waals surface area contributed by atoms with Crippen LogP contribution in [0.1, 0.15) is 20.3 Å². The van der Waals surface area contributed by atoms with Gasteiger partial charge in [0, 0.05) is 19.0 Å². The van der Waals surface area contributed by atoms with E-state index in [1.165, 1.54) is 13.8 Å². The summed E-state index contributed by atoms with van der Waals surface area (Å²) in [5.41, 5.74) is 5.16. The molecule has 0 bridgehead atoms. The summed E-state index contributed by atoms with van der Waals surface area (Å²) in [6, 6.07) is -0.534. The number of carbonyl (C=O) groups excluding carboxylic acids is 1. The number of thiocarbonyl (C=S) groups is 1. The van der Waals surface area contributed by atoms with Crippen molar-refractivity contribution in [3.8, 4) is 0 Å². The van der Waals surface area contributed by atoms with Gasteiger partial charge >= 0.3 is 12.1 Å². The molecule has 0 aliphatic rings. The predicted octanol–water partition coefficient (Wildman–Crippen LogP) is 1.46. The van der Waals surface area contributed by atoms with Crippen LogP contribution in [0.3, 0.4) is 0 Å². The number of nitrogens with zero attached hydrogens (tertiary/aromatic N) is 1. The van der Waals surface area contributed by atoms with Crippen LogP contribution in [0, 0.1) is 0 Å². The standard InChI is InChI=1S/C8H13F3N2OS/c1-5(2)13(4-3-6(12)15)7(14)8(9,10)11/h5H,3-4H2,1-2H3,(H2,12,15). The fraction of sp³-hybridized carbons (Fsp3) is 0.750. The Kier molecular flexibility index (Phi) is 4.99. The second-order valence-corrected chi connectivity index (χ2v) is 3.83. The number of nitrogens with two attached hydrogens (primary N) is 1. The van der Waals surface area contributed by atoms with Crippen LogP contribution >= 0.6 is 12.2 Å². The van der Waals surface area contributed by atoms with E-state index in [1.807, 2.05) is 0 Å². The zero-order valence-corrected chi connectivity index (χ0v) is 9.28. The maximum absolute atomic E-state index is 12.1. The minimum absolute atomic E-state index is 0.0926. The Morgan fingerprint density at radius 1 is 1.47 bits per heavy atom. The highest BCUT2D eigenvalue weighted by Gasteiger charge is 2.43. The maximum atomic E-state index is 12.1. The van der Waals surface area contributed by atoms with E-state index in [2.05, 4.69) is 12.2 Å². The van der Waals surface area contributed by atoms with Crippen LogP contribution in [0.4, 0.5) is 13.2 Å². The highest BCUT2D eigenvalue weighted by atomic mass is 32.1. The van der Waals surface area contributed by atoms with Gasteiger partial charge < -0.3 is 10.6 Å². The average Bonchev–Trinajstić information content (AvgIpc) is 2.01. The van der Waals surface area contributed by atoms with Crippen LogP contribution < -0.4 is 5.73 Å². The molecule has 0 heterocycles. The Bertz CT molecular complexity index is 253. The van der Waals surface area contributed by atoms with Gasteiger partial charge in [0.05, 0.1) is 4.99 Å². The lowest BCUT2D eigenvalue weighted by atomic mass is 10.2. The first-order valence-corrected chi connectivity index (χ1v) is 4.73. The predicted molar refractivity (Wildman–Crippen MR) is 54.3 cm³/mol. The van der Waals surface area contributed by atoms with Crippen molar-refractivity contribution in [1.82, 2.24) is 4.90 Å². The second-order valence-electron chi connectivity index (χ2n) is 3.31. The fourth-order valence-electron chi connectivity index (χ4n) is 0.988. The zero-order valence-electron chi connectivity index (χ0n) is 8.47. The monoisotopic (exact) mass is 242 g/mol. The van der Waals surface area contributed by atoms with Gasteiger partial charge in [-0.15, -0.1) is 0 Å². The van der Waals surface area contributed by atoms with Crippen molar-refractivity contribution in [2.45, 2.75) is 32.5 Å². The van der Waals surface area contributed by atoms with Crippen LogP contribution in [0.15, 0.2) is 0 Å². The van der Waals surface area contributed by atoms with E-state index < -0.39 is 18.1 Å². The Hall–Kier alpha value is -0.850. The van der Waals surface area contributed by atoms with Gasteiger partial charge in [0.2, 0.25) is 0 Å². The molecule has 0 fully saturated rings. The SMILES string of the molecule is CC(C)N(CCC(N)=S)C(=O)C(F)(F)F. The minimum Gasteiger partial charge on any atom is -0.393 e. The second kappa shape index (κ2) is 5.29. The lowest BCUT2D eigenvalue weighted by Gasteiger charge is -2.27. The third-order valence-corrected chi connectivity index (χ3v) is 1.93. The van der Waals surface area contributed by atoms with E-state index in [1.54, 1.807) is 0 Å². The average molecular weight is 242 g/mol. The maximum Gasteiger partial charge on any atom is 0.471 e. The van der Waals surface area contributed by atoms with Gasteiger partial charge in [0.15, 0.2) is 0 Å². The molecule has 0 aromatic heterocycles. The number of amides is 1. The molecule has 0 aliphatic carbocycles. The highest BCUT2D eigenvalue weighted by molar-refractivity contribution is 7.80. The first-order chi connectivity index (χ1) is 6.66. The summed E-state index contributed by atoms with van der Waals surface area (Å²) in [6.07, 6.45) is -4.75. The van der Waals surface area contributed by atoms with Gasteiger partial charge in [0.1, 0.15) is 0 Å². The third-order valence-electron chi connectivity index (χ3n) is 1.73. The van der Waals surface area contributed by atoms with Crippen molar-refractivity contribution in [2.75, 3.05) is 6.54 Å². The Morgan fingerprint density at radius 2 is 1.93 bits per heavy atom. The molecule has 0 aliphatic heterocycles. The van der Waals surface area contributed by atoms with Crippen LogP contribution in [0.2, 0.25) is 0 Å². The topological polar surface area (TPSA) is 46.3 Å². The van der Waals surface area contributed by atoms with Crippen molar-refractivity contribution >= 4 is 23.1 Å². The minimum atomic E-state index is -4.85. The van der Waals surface area contributed by atoms with Gasteiger partial charge in [-0.1, -0.05) is 12.2 Å². The molecule has 0 atom stereocenters. The molecule has 3 nitrogen and oxygen atoms in total. The molecule has 0 radical (unpaired) electrons. The molecule has 7 heteroatoms. The Labute approximate surface area is 91.4 Å². The molecule has 15 heavy (non-hydrogen) atoms. The highest BCUT2D eigenvalue weighted by Crippen LogP contribution is 2.20. The van der Waals surface area contributed by atoms with Crippen molar-refractivity contribution < 1.29 is 18.0 Å². The number of rotatable bonds is 4. The van der Waals surface area contributed by atoms with Crippen molar-refractivity contribution in [3.05, 3.63) is 0 Å². The van der Waals surface area contributed by atoms with E-state index in [0.717, 1.165) is 0 Å². The van der Waals surface area contributed by atoms with Crippen LogP contribution in [0.5, 0.6) is 0 Å². The summed E-state index contributed by atoms with van der Waals surface area (Å²) in [5, 5.41) is 0. The quantitative estimate of drug-likeness (QED) is 0.759. The van der Waals surface area contributed by atoms with E-state index >= 15 is 0 Å². The Balaban J connectivity index is 4.54. The molecule has 0 saturated heterocycles. The summed E-state index contributed by atoms with van der Waals surface area (Å²) in [6.45, 7) is 2.90. The smallest absolute Gasteiger partial charge is 0.393 e. The number of alkyl halides is 3. The molecule has 88 valence electrons. The van der Waals surface area contributed by atoms with Gasteiger partial charge in [-0.25, -0.2) is 0 Å².